The number of imidazole rings is 1. The number of carbonyl (C=O) groups excluding carboxylic acids is 1. The second-order valence-corrected chi connectivity index (χ2v) is 5.35. The number of nitrogens with one attached hydrogen (secondary N) is 2. The molecule has 0 aliphatic carbocycles. The van der Waals surface area contributed by atoms with Crippen molar-refractivity contribution in [2.75, 3.05) is 5.32 Å². The molecule has 0 radical (unpaired) electrons. The lowest BCUT2D eigenvalue weighted by molar-refractivity contribution is 0.152. The molecule has 0 aliphatic heterocycles. The number of H-pyrrole nitrogens is 1. The van der Waals surface area contributed by atoms with Crippen molar-refractivity contribution in [2.45, 2.75) is 6.61 Å². The standard InChI is InChI=1S/C15H11Cl2N3O2/c16-10-6-5-9(7-11(10)17)18-15(21)22-8-14-19-12-3-1-2-4-13(12)20-14/h1-7H,8H2,(H,18,21)(H,19,20). The molecule has 5 nitrogen and oxygen atoms in total. The Morgan fingerprint density at radius 2 is 2.00 bits per heavy atom. The summed E-state index contributed by atoms with van der Waals surface area (Å²) in [7, 11) is 0. The van der Waals surface area contributed by atoms with Crippen LogP contribution in [0.25, 0.3) is 11.0 Å². The molecule has 0 atom stereocenters. The molecule has 7 heteroatoms. The van der Waals surface area contributed by atoms with Gasteiger partial charge in [-0.15, -0.1) is 0 Å². The highest BCUT2D eigenvalue weighted by Crippen LogP contribution is 2.25. The third-order valence-electron chi connectivity index (χ3n) is 2.94. The summed E-state index contributed by atoms with van der Waals surface area (Å²) in [6.07, 6.45) is -0.598. The number of benzene rings is 2. The number of halogens is 2. The van der Waals surface area contributed by atoms with Crippen molar-refractivity contribution >= 4 is 46.0 Å². The fourth-order valence-corrected chi connectivity index (χ4v) is 2.23. The smallest absolute Gasteiger partial charge is 0.412 e. The fourth-order valence-electron chi connectivity index (χ4n) is 1.94. The van der Waals surface area contributed by atoms with Gasteiger partial charge in [-0.05, 0) is 30.3 Å². The van der Waals surface area contributed by atoms with E-state index in [1.165, 1.54) is 0 Å². The molecule has 1 heterocycles. The number of aromatic amines is 1. The molecule has 0 spiro atoms. The SMILES string of the molecule is O=C(Nc1ccc(Cl)c(Cl)c1)OCc1nc2ccccc2[nH]1. The van der Waals surface area contributed by atoms with Gasteiger partial charge < -0.3 is 9.72 Å². The molecule has 1 aromatic heterocycles. The van der Waals surface area contributed by atoms with Crippen molar-refractivity contribution in [3.63, 3.8) is 0 Å². The number of aromatic nitrogens is 2. The third-order valence-corrected chi connectivity index (χ3v) is 3.68. The quantitative estimate of drug-likeness (QED) is 0.733. The maximum absolute atomic E-state index is 11.7. The van der Waals surface area contributed by atoms with Gasteiger partial charge in [-0.2, -0.15) is 0 Å². The maximum atomic E-state index is 11.7. The van der Waals surface area contributed by atoms with Gasteiger partial charge in [-0.1, -0.05) is 35.3 Å². The number of hydrogen-bond donors (Lipinski definition) is 2. The number of anilines is 1. The first-order chi connectivity index (χ1) is 10.6. The lowest BCUT2D eigenvalue weighted by atomic mass is 10.3. The molecular weight excluding hydrogens is 325 g/mol. The summed E-state index contributed by atoms with van der Waals surface area (Å²) in [5, 5.41) is 3.35. The van der Waals surface area contributed by atoms with Crippen LogP contribution in [-0.2, 0) is 11.3 Å². The van der Waals surface area contributed by atoms with Crippen LogP contribution in [0.2, 0.25) is 10.0 Å². The lowest BCUT2D eigenvalue weighted by Crippen LogP contribution is -2.13. The Hall–Kier alpha value is -2.24. The number of nitrogens with zero attached hydrogens (tertiary/aromatic N) is 1. The zero-order chi connectivity index (χ0) is 15.5. The number of fused-ring (bicyclic) bond motifs is 1. The van der Waals surface area contributed by atoms with Crippen LogP contribution in [-0.4, -0.2) is 16.1 Å². The summed E-state index contributed by atoms with van der Waals surface area (Å²) >= 11 is 11.7. The van der Waals surface area contributed by atoms with Crippen molar-refractivity contribution in [1.82, 2.24) is 9.97 Å². The van der Waals surface area contributed by atoms with Crippen LogP contribution in [0.3, 0.4) is 0 Å². The minimum atomic E-state index is -0.598. The first-order valence-corrected chi connectivity index (χ1v) is 7.20. The molecule has 3 aromatic rings. The van der Waals surface area contributed by atoms with Gasteiger partial charge in [0, 0.05) is 5.69 Å². The first-order valence-electron chi connectivity index (χ1n) is 6.44. The third kappa shape index (κ3) is 3.32. The molecule has 22 heavy (non-hydrogen) atoms. The Morgan fingerprint density at radius 3 is 2.77 bits per heavy atom. The number of amides is 1. The van der Waals surface area contributed by atoms with Gasteiger partial charge >= 0.3 is 6.09 Å². The average molecular weight is 336 g/mol. The van der Waals surface area contributed by atoms with Crippen LogP contribution >= 0.6 is 23.2 Å². The number of para-hydroxylation sites is 2. The molecule has 0 bridgehead atoms. The fraction of sp³-hybridized carbons (Fsp3) is 0.0667. The number of carbonyl (C=O) groups is 1. The largest absolute Gasteiger partial charge is 0.441 e. The number of rotatable bonds is 3. The van der Waals surface area contributed by atoms with Crippen LogP contribution in [0.1, 0.15) is 5.82 Å². The van der Waals surface area contributed by atoms with Crippen molar-refractivity contribution in [1.29, 1.82) is 0 Å². The minimum absolute atomic E-state index is 0.0435. The number of hydrogen-bond acceptors (Lipinski definition) is 3. The number of ether oxygens (including phenoxy) is 1. The summed E-state index contributed by atoms with van der Waals surface area (Å²) in [6, 6.07) is 12.4. The van der Waals surface area contributed by atoms with Crippen LogP contribution in [0, 0.1) is 0 Å². The van der Waals surface area contributed by atoms with E-state index in [2.05, 4.69) is 15.3 Å². The Morgan fingerprint density at radius 1 is 1.18 bits per heavy atom. The second-order valence-electron chi connectivity index (χ2n) is 4.53. The van der Waals surface area contributed by atoms with E-state index in [-0.39, 0.29) is 6.61 Å². The summed E-state index contributed by atoms with van der Waals surface area (Å²) < 4.78 is 5.11. The van der Waals surface area contributed by atoms with Gasteiger partial charge in [0.25, 0.3) is 0 Å². The van der Waals surface area contributed by atoms with Crippen LogP contribution < -0.4 is 5.32 Å². The van der Waals surface area contributed by atoms with Gasteiger partial charge in [0.1, 0.15) is 5.82 Å². The van der Waals surface area contributed by atoms with Crippen LogP contribution in [0.4, 0.5) is 10.5 Å². The Kier molecular flexibility index (Phi) is 4.18. The van der Waals surface area contributed by atoms with E-state index < -0.39 is 6.09 Å². The van der Waals surface area contributed by atoms with Crippen molar-refractivity contribution in [3.05, 3.63) is 58.3 Å². The Labute approximate surface area is 136 Å². The first kappa shape index (κ1) is 14.7. The van der Waals surface area contributed by atoms with E-state index in [1.54, 1.807) is 18.2 Å². The molecule has 0 saturated heterocycles. The van der Waals surface area contributed by atoms with E-state index in [1.807, 2.05) is 24.3 Å². The predicted molar refractivity (Wildman–Crippen MR) is 86.4 cm³/mol. The highest BCUT2D eigenvalue weighted by Gasteiger charge is 2.08. The zero-order valence-electron chi connectivity index (χ0n) is 11.3. The van der Waals surface area contributed by atoms with E-state index in [0.717, 1.165) is 11.0 Å². The summed E-state index contributed by atoms with van der Waals surface area (Å²) in [6.45, 7) is 0.0435. The normalized spacial score (nSPS) is 10.6. The molecule has 0 saturated carbocycles. The summed E-state index contributed by atoms with van der Waals surface area (Å²) in [4.78, 5) is 19.1. The van der Waals surface area contributed by atoms with E-state index in [0.29, 0.717) is 21.6 Å². The van der Waals surface area contributed by atoms with E-state index in [9.17, 15) is 4.79 Å². The lowest BCUT2D eigenvalue weighted by Gasteiger charge is -2.06. The highest BCUT2D eigenvalue weighted by molar-refractivity contribution is 6.42. The van der Waals surface area contributed by atoms with Gasteiger partial charge in [-0.3, -0.25) is 5.32 Å². The van der Waals surface area contributed by atoms with E-state index >= 15 is 0 Å². The summed E-state index contributed by atoms with van der Waals surface area (Å²) in [5.41, 5.74) is 2.22. The average Bonchev–Trinajstić information content (AvgIpc) is 2.92. The summed E-state index contributed by atoms with van der Waals surface area (Å²) in [5.74, 6) is 0.575. The van der Waals surface area contributed by atoms with Gasteiger partial charge in [0.2, 0.25) is 0 Å². The van der Waals surface area contributed by atoms with Gasteiger partial charge in [0.05, 0.1) is 21.1 Å². The maximum Gasteiger partial charge on any atom is 0.412 e. The highest BCUT2D eigenvalue weighted by atomic mass is 35.5. The predicted octanol–water partition coefficient (Wildman–Crippen LogP) is 4.62. The van der Waals surface area contributed by atoms with Crippen molar-refractivity contribution < 1.29 is 9.53 Å². The topological polar surface area (TPSA) is 67.0 Å². The van der Waals surface area contributed by atoms with Crippen molar-refractivity contribution in [3.8, 4) is 0 Å². The monoisotopic (exact) mass is 335 g/mol. The van der Waals surface area contributed by atoms with Crippen molar-refractivity contribution in [2.24, 2.45) is 0 Å². The van der Waals surface area contributed by atoms with Crippen LogP contribution in [0.5, 0.6) is 0 Å². The zero-order valence-corrected chi connectivity index (χ0v) is 12.8. The minimum Gasteiger partial charge on any atom is -0.441 e. The Bertz CT molecular complexity index is 800. The molecule has 0 aliphatic rings. The van der Waals surface area contributed by atoms with E-state index in [4.69, 9.17) is 27.9 Å². The second kappa shape index (κ2) is 6.25. The van der Waals surface area contributed by atoms with Gasteiger partial charge in [-0.25, -0.2) is 9.78 Å². The molecule has 2 aromatic carbocycles. The molecular formula is C15H11Cl2N3O2. The molecule has 112 valence electrons. The van der Waals surface area contributed by atoms with Gasteiger partial charge in [0.15, 0.2) is 6.61 Å². The molecule has 2 N–H and O–H groups in total. The molecule has 0 unspecified atom stereocenters. The molecule has 1 amide bonds. The molecule has 3 rings (SSSR count). The Balaban J connectivity index is 1.60. The van der Waals surface area contributed by atoms with Crippen LogP contribution in [0.15, 0.2) is 42.5 Å². The molecule has 0 fully saturated rings.